The van der Waals surface area contributed by atoms with Gasteiger partial charge in [-0.25, -0.2) is 0 Å². The summed E-state index contributed by atoms with van der Waals surface area (Å²) in [5.74, 6) is -0.293. The van der Waals surface area contributed by atoms with E-state index in [9.17, 15) is 9.59 Å². The highest BCUT2D eigenvalue weighted by molar-refractivity contribution is 5.81. The molecule has 1 amide bonds. The first kappa shape index (κ1) is 15.9. The number of hydrogen-bond donors (Lipinski definition) is 2. The lowest BCUT2D eigenvalue weighted by molar-refractivity contribution is -0.140. The summed E-state index contributed by atoms with van der Waals surface area (Å²) in [6, 6.07) is -0.277. The van der Waals surface area contributed by atoms with Gasteiger partial charge in [0.25, 0.3) is 0 Å². The summed E-state index contributed by atoms with van der Waals surface area (Å²) in [5, 5.41) is 5.83. The van der Waals surface area contributed by atoms with Gasteiger partial charge in [-0.1, -0.05) is 19.8 Å². The van der Waals surface area contributed by atoms with E-state index < -0.39 is 0 Å². The van der Waals surface area contributed by atoms with Crippen molar-refractivity contribution in [2.75, 3.05) is 20.2 Å². The minimum absolute atomic E-state index is 0.0223. The number of unbranched alkanes of at least 4 members (excludes halogenated alkanes) is 2. The van der Waals surface area contributed by atoms with Crippen LogP contribution in [0.25, 0.3) is 0 Å². The number of methoxy groups -OCH3 is 1. The first-order valence-electron chi connectivity index (χ1n) is 6.19. The minimum atomic E-state index is -0.277. The molecule has 0 aromatic heterocycles. The Balaban J connectivity index is 3.56. The Morgan fingerprint density at radius 3 is 2.53 bits per heavy atom. The lowest BCUT2D eigenvalue weighted by atomic mass is 10.2. The Morgan fingerprint density at radius 1 is 1.24 bits per heavy atom. The van der Waals surface area contributed by atoms with Gasteiger partial charge in [-0.15, -0.1) is 0 Å². The molecule has 1 atom stereocenters. The molecule has 0 radical (unpaired) electrons. The SMILES string of the molecule is CCCCCNC(=O)C(C)NCCC(=O)OC. The molecular weight excluding hydrogens is 220 g/mol. The maximum Gasteiger partial charge on any atom is 0.306 e. The first-order chi connectivity index (χ1) is 8.11. The second kappa shape index (κ2) is 10.1. The fourth-order valence-electron chi connectivity index (χ4n) is 1.33. The van der Waals surface area contributed by atoms with E-state index in [1.807, 2.05) is 0 Å². The van der Waals surface area contributed by atoms with E-state index in [0.29, 0.717) is 6.54 Å². The minimum Gasteiger partial charge on any atom is -0.469 e. The number of nitrogens with one attached hydrogen (secondary N) is 2. The van der Waals surface area contributed by atoms with Crippen LogP contribution >= 0.6 is 0 Å². The molecule has 0 spiro atoms. The lowest BCUT2D eigenvalue weighted by Crippen LogP contribution is -2.43. The van der Waals surface area contributed by atoms with Crippen molar-refractivity contribution in [2.45, 2.75) is 45.6 Å². The van der Waals surface area contributed by atoms with Crippen LogP contribution in [0.15, 0.2) is 0 Å². The quantitative estimate of drug-likeness (QED) is 0.466. The summed E-state index contributed by atoms with van der Waals surface area (Å²) in [7, 11) is 1.35. The number of hydrogen-bond acceptors (Lipinski definition) is 4. The molecule has 0 aliphatic carbocycles. The molecule has 0 saturated heterocycles. The molecule has 17 heavy (non-hydrogen) atoms. The molecule has 1 unspecified atom stereocenters. The predicted octanol–water partition coefficient (Wildman–Crippen LogP) is 0.834. The third-order valence-corrected chi connectivity index (χ3v) is 2.48. The Morgan fingerprint density at radius 2 is 1.94 bits per heavy atom. The fourth-order valence-corrected chi connectivity index (χ4v) is 1.33. The largest absolute Gasteiger partial charge is 0.469 e. The van der Waals surface area contributed by atoms with Crippen LogP contribution < -0.4 is 10.6 Å². The zero-order valence-electron chi connectivity index (χ0n) is 11.0. The second-order valence-corrected chi connectivity index (χ2v) is 4.00. The van der Waals surface area contributed by atoms with Crippen molar-refractivity contribution in [3.8, 4) is 0 Å². The van der Waals surface area contributed by atoms with Crippen LogP contribution in [0.4, 0.5) is 0 Å². The first-order valence-corrected chi connectivity index (χ1v) is 6.19. The monoisotopic (exact) mass is 244 g/mol. The third kappa shape index (κ3) is 8.68. The average Bonchev–Trinajstić information content (AvgIpc) is 2.33. The zero-order valence-corrected chi connectivity index (χ0v) is 11.0. The van der Waals surface area contributed by atoms with Gasteiger partial charge in [0, 0.05) is 13.1 Å². The van der Waals surface area contributed by atoms with Crippen molar-refractivity contribution < 1.29 is 14.3 Å². The number of amides is 1. The van der Waals surface area contributed by atoms with Crippen molar-refractivity contribution in [3.05, 3.63) is 0 Å². The summed E-state index contributed by atoms with van der Waals surface area (Å²) < 4.78 is 4.50. The smallest absolute Gasteiger partial charge is 0.306 e. The molecule has 0 heterocycles. The Labute approximate surface area is 103 Å². The highest BCUT2D eigenvalue weighted by atomic mass is 16.5. The molecule has 0 aliphatic heterocycles. The second-order valence-electron chi connectivity index (χ2n) is 4.00. The molecule has 0 rings (SSSR count). The number of carbonyl (C=O) groups excluding carboxylic acids is 2. The van der Waals surface area contributed by atoms with Crippen molar-refractivity contribution >= 4 is 11.9 Å². The van der Waals surface area contributed by atoms with E-state index in [1.54, 1.807) is 6.92 Å². The van der Waals surface area contributed by atoms with Crippen LogP contribution in [0.1, 0.15) is 39.5 Å². The molecule has 0 fully saturated rings. The van der Waals surface area contributed by atoms with Gasteiger partial charge in [0.2, 0.25) is 5.91 Å². The number of ether oxygens (including phenoxy) is 1. The molecule has 0 saturated carbocycles. The molecule has 0 aliphatic rings. The van der Waals surface area contributed by atoms with E-state index >= 15 is 0 Å². The molecule has 2 N–H and O–H groups in total. The number of rotatable bonds is 9. The van der Waals surface area contributed by atoms with Gasteiger partial charge >= 0.3 is 5.97 Å². The van der Waals surface area contributed by atoms with Crippen LogP contribution in [-0.2, 0) is 14.3 Å². The maximum atomic E-state index is 11.6. The summed E-state index contributed by atoms with van der Waals surface area (Å²) in [6.45, 7) is 5.08. The zero-order chi connectivity index (χ0) is 13.1. The van der Waals surface area contributed by atoms with E-state index in [4.69, 9.17) is 0 Å². The van der Waals surface area contributed by atoms with Gasteiger partial charge in [-0.3, -0.25) is 9.59 Å². The summed E-state index contributed by atoms with van der Waals surface area (Å²) in [6.07, 6.45) is 3.56. The van der Waals surface area contributed by atoms with Crippen molar-refractivity contribution in [2.24, 2.45) is 0 Å². The van der Waals surface area contributed by atoms with Crippen molar-refractivity contribution in [1.29, 1.82) is 0 Å². The lowest BCUT2D eigenvalue weighted by Gasteiger charge is -2.13. The molecule has 100 valence electrons. The predicted molar refractivity (Wildman–Crippen MR) is 66.6 cm³/mol. The summed E-state index contributed by atoms with van der Waals surface area (Å²) >= 11 is 0. The maximum absolute atomic E-state index is 11.6. The highest BCUT2D eigenvalue weighted by Gasteiger charge is 2.11. The fraction of sp³-hybridized carbons (Fsp3) is 0.833. The van der Waals surface area contributed by atoms with Crippen LogP contribution in [0.5, 0.6) is 0 Å². The number of carbonyl (C=O) groups is 2. The molecule has 0 bridgehead atoms. The molecule has 0 aromatic rings. The molecule has 5 heteroatoms. The van der Waals surface area contributed by atoms with Gasteiger partial charge < -0.3 is 15.4 Å². The average molecular weight is 244 g/mol. The van der Waals surface area contributed by atoms with Gasteiger partial charge in [0.15, 0.2) is 0 Å². The molecule has 0 aromatic carbocycles. The summed E-state index contributed by atoms with van der Waals surface area (Å²) in [5.41, 5.74) is 0. The third-order valence-electron chi connectivity index (χ3n) is 2.48. The Hall–Kier alpha value is -1.10. The van der Waals surface area contributed by atoms with Crippen LogP contribution in [0.3, 0.4) is 0 Å². The number of esters is 1. The van der Waals surface area contributed by atoms with Crippen LogP contribution in [-0.4, -0.2) is 38.1 Å². The van der Waals surface area contributed by atoms with E-state index in [0.717, 1.165) is 25.8 Å². The normalized spacial score (nSPS) is 11.9. The van der Waals surface area contributed by atoms with Crippen molar-refractivity contribution in [1.82, 2.24) is 10.6 Å². The summed E-state index contributed by atoms with van der Waals surface area (Å²) in [4.78, 5) is 22.4. The van der Waals surface area contributed by atoms with Crippen molar-refractivity contribution in [3.63, 3.8) is 0 Å². The van der Waals surface area contributed by atoms with E-state index in [-0.39, 0.29) is 24.3 Å². The molecular formula is C12H24N2O3. The van der Waals surface area contributed by atoms with Crippen LogP contribution in [0.2, 0.25) is 0 Å². The van der Waals surface area contributed by atoms with E-state index in [1.165, 1.54) is 7.11 Å². The van der Waals surface area contributed by atoms with Gasteiger partial charge in [-0.05, 0) is 13.3 Å². The standard InChI is InChI=1S/C12H24N2O3/c1-4-5-6-8-14-12(16)10(2)13-9-7-11(15)17-3/h10,13H,4-9H2,1-3H3,(H,14,16). The molecule has 5 nitrogen and oxygen atoms in total. The Bertz CT molecular complexity index is 232. The van der Waals surface area contributed by atoms with Gasteiger partial charge in [0.1, 0.15) is 0 Å². The topological polar surface area (TPSA) is 67.4 Å². The van der Waals surface area contributed by atoms with Gasteiger partial charge in [-0.2, -0.15) is 0 Å². The van der Waals surface area contributed by atoms with Crippen LogP contribution in [0, 0.1) is 0 Å². The van der Waals surface area contributed by atoms with E-state index in [2.05, 4.69) is 22.3 Å². The highest BCUT2D eigenvalue weighted by Crippen LogP contribution is 1.92. The van der Waals surface area contributed by atoms with Gasteiger partial charge in [0.05, 0.1) is 19.6 Å². The Kier molecular flexibility index (Phi) is 9.43.